The standard InChI is InChI=1S/C16H30N2O4S2/c1-3-4-15(19)21-11-13-23-24-14-12-22-16(20)5-6-18-9-7-17(2)8-10-18/h3-14H2,1-2H3. The third kappa shape index (κ3) is 11.2. The van der Waals surface area contributed by atoms with Gasteiger partial charge in [-0.2, -0.15) is 0 Å². The molecular weight excluding hydrogens is 348 g/mol. The van der Waals surface area contributed by atoms with Crippen LogP contribution in [0.5, 0.6) is 0 Å². The highest BCUT2D eigenvalue weighted by Crippen LogP contribution is 2.20. The molecule has 6 nitrogen and oxygen atoms in total. The van der Waals surface area contributed by atoms with E-state index in [9.17, 15) is 9.59 Å². The second kappa shape index (κ2) is 13.8. The molecule has 1 heterocycles. The summed E-state index contributed by atoms with van der Waals surface area (Å²) in [5.41, 5.74) is 0. The van der Waals surface area contributed by atoms with E-state index in [-0.39, 0.29) is 11.9 Å². The summed E-state index contributed by atoms with van der Waals surface area (Å²) in [6, 6.07) is 0. The van der Waals surface area contributed by atoms with Crippen molar-refractivity contribution in [3.63, 3.8) is 0 Å². The van der Waals surface area contributed by atoms with Gasteiger partial charge >= 0.3 is 11.9 Å². The summed E-state index contributed by atoms with van der Waals surface area (Å²) in [5.74, 6) is 1.27. The first kappa shape index (κ1) is 21.6. The van der Waals surface area contributed by atoms with Gasteiger partial charge in [0.1, 0.15) is 13.2 Å². The second-order valence-corrected chi connectivity index (χ2v) is 8.43. The molecule has 0 aliphatic carbocycles. The Bertz CT molecular complexity index is 364. The first-order valence-corrected chi connectivity index (χ1v) is 11.1. The summed E-state index contributed by atoms with van der Waals surface area (Å²) in [6.45, 7) is 7.82. The smallest absolute Gasteiger partial charge is 0.307 e. The van der Waals surface area contributed by atoms with Crippen LogP contribution in [0.2, 0.25) is 0 Å². The van der Waals surface area contributed by atoms with Crippen LogP contribution in [-0.4, -0.2) is 86.2 Å². The van der Waals surface area contributed by atoms with Crippen molar-refractivity contribution in [3.8, 4) is 0 Å². The topological polar surface area (TPSA) is 59.1 Å². The Morgan fingerprint density at radius 3 is 2.00 bits per heavy atom. The zero-order chi connectivity index (χ0) is 17.6. The number of hydrogen-bond acceptors (Lipinski definition) is 8. The average molecular weight is 379 g/mol. The molecule has 1 saturated heterocycles. The highest BCUT2D eigenvalue weighted by atomic mass is 33.1. The highest BCUT2D eigenvalue weighted by Gasteiger charge is 2.14. The van der Waals surface area contributed by atoms with E-state index in [0.717, 1.165) is 50.7 Å². The van der Waals surface area contributed by atoms with Crippen LogP contribution in [0.3, 0.4) is 0 Å². The first-order chi connectivity index (χ1) is 11.6. The van der Waals surface area contributed by atoms with Crippen molar-refractivity contribution in [3.05, 3.63) is 0 Å². The van der Waals surface area contributed by atoms with E-state index in [0.29, 0.717) is 26.1 Å². The summed E-state index contributed by atoms with van der Waals surface area (Å²) < 4.78 is 10.3. The molecule has 0 aromatic carbocycles. The minimum Gasteiger partial charge on any atom is -0.465 e. The Labute approximate surface area is 153 Å². The van der Waals surface area contributed by atoms with Crippen LogP contribution in [0.1, 0.15) is 26.2 Å². The number of rotatable bonds is 12. The minimum atomic E-state index is -0.127. The van der Waals surface area contributed by atoms with Crippen molar-refractivity contribution in [1.29, 1.82) is 0 Å². The van der Waals surface area contributed by atoms with E-state index in [2.05, 4.69) is 16.8 Å². The Hall–Kier alpha value is -0.440. The maximum absolute atomic E-state index is 11.7. The van der Waals surface area contributed by atoms with Gasteiger partial charge in [0.25, 0.3) is 0 Å². The number of likely N-dealkylation sites (N-methyl/N-ethyl adjacent to an activating group) is 1. The lowest BCUT2D eigenvalue weighted by Crippen LogP contribution is -2.45. The lowest BCUT2D eigenvalue weighted by atomic mass is 10.3. The molecule has 1 aliphatic rings. The fourth-order valence-electron chi connectivity index (χ4n) is 2.17. The lowest BCUT2D eigenvalue weighted by molar-refractivity contribution is -0.144. The van der Waals surface area contributed by atoms with Crippen molar-refractivity contribution < 1.29 is 19.1 Å². The van der Waals surface area contributed by atoms with Crippen molar-refractivity contribution in [2.75, 3.05) is 64.5 Å². The van der Waals surface area contributed by atoms with E-state index in [4.69, 9.17) is 9.47 Å². The number of esters is 2. The molecule has 140 valence electrons. The van der Waals surface area contributed by atoms with Crippen LogP contribution in [0, 0.1) is 0 Å². The number of carbonyl (C=O) groups is 2. The molecule has 8 heteroatoms. The van der Waals surface area contributed by atoms with Gasteiger partial charge in [0.05, 0.1) is 6.42 Å². The SMILES string of the molecule is CCCC(=O)OCCSSCCOC(=O)CCN1CCN(C)CC1. The normalized spacial score (nSPS) is 16.1. The number of carbonyl (C=O) groups excluding carboxylic acids is 2. The third-order valence-corrected chi connectivity index (χ3v) is 5.96. The van der Waals surface area contributed by atoms with Gasteiger partial charge < -0.3 is 19.3 Å². The molecule has 0 radical (unpaired) electrons. The molecule has 0 aromatic rings. The lowest BCUT2D eigenvalue weighted by Gasteiger charge is -2.31. The summed E-state index contributed by atoms with van der Waals surface area (Å²) in [5, 5.41) is 0. The number of nitrogens with zero attached hydrogens (tertiary/aromatic N) is 2. The van der Waals surface area contributed by atoms with Crippen molar-refractivity contribution in [2.24, 2.45) is 0 Å². The highest BCUT2D eigenvalue weighted by molar-refractivity contribution is 8.76. The summed E-state index contributed by atoms with van der Waals surface area (Å²) >= 11 is 0. The van der Waals surface area contributed by atoms with Gasteiger partial charge in [0.2, 0.25) is 0 Å². The van der Waals surface area contributed by atoms with Crippen LogP contribution in [0.4, 0.5) is 0 Å². The summed E-state index contributed by atoms with van der Waals surface area (Å²) in [4.78, 5) is 27.4. The van der Waals surface area contributed by atoms with Gasteiger partial charge in [-0.1, -0.05) is 28.5 Å². The molecule has 0 N–H and O–H groups in total. The molecule has 24 heavy (non-hydrogen) atoms. The van der Waals surface area contributed by atoms with Crippen LogP contribution in [0.25, 0.3) is 0 Å². The molecule has 1 rings (SSSR count). The van der Waals surface area contributed by atoms with Gasteiger partial charge in [-0.05, 0) is 13.5 Å². The maximum atomic E-state index is 11.7. The van der Waals surface area contributed by atoms with E-state index >= 15 is 0 Å². The Morgan fingerprint density at radius 1 is 0.917 bits per heavy atom. The Morgan fingerprint density at radius 2 is 1.46 bits per heavy atom. The maximum Gasteiger partial charge on any atom is 0.307 e. The van der Waals surface area contributed by atoms with Gasteiger partial charge in [0, 0.05) is 50.7 Å². The molecule has 1 fully saturated rings. The van der Waals surface area contributed by atoms with Crippen molar-refractivity contribution in [1.82, 2.24) is 9.80 Å². The zero-order valence-corrected chi connectivity index (χ0v) is 16.5. The molecule has 0 bridgehead atoms. The molecule has 1 aliphatic heterocycles. The van der Waals surface area contributed by atoms with Crippen LogP contribution in [0.15, 0.2) is 0 Å². The van der Waals surface area contributed by atoms with Crippen molar-refractivity contribution in [2.45, 2.75) is 26.2 Å². The fraction of sp³-hybridized carbons (Fsp3) is 0.875. The predicted octanol–water partition coefficient (Wildman–Crippen LogP) is 1.89. The predicted molar refractivity (Wildman–Crippen MR) is 100 cm³/mol. The molecule has 0 atom stereocenters. The van der Waals surface area contributed by atoms with Gasteiger partial charge in [-0.3, -0.25) is 9.59 Å². The summed E-state index contributed by atoms with van der Waals surface area (Å²) in [7, 11) is 5.40. The zero-order valence-electron chi connectivity index (χ0n) is 14.8. The number of hydrogen-bond donors (Lipinski definition) is 0. The van der Waals surface area contributed by atoms with Crippen molar-refractivity contribution >= 4 is 33.5 Å². The monoisotopic (exact) mass is 378 g/mol. The van der Waals surface area contributed by atoms with E-state index < -0.39 is 0 Å². The molecular formula is C16H30N2O4S2. The number of ether oxygens (including phenoxy) is 2. The first-order valence-electron chi connectivity index (χ1n) is 8.58. The van der Waals surface area contributed by atoms with E-state index in [1.54, 1.807) is 21.6 Å². The Balaban J connectivity index is 1.86. The van der Waals surface area contributed by atoms with Gasteiger partial charge in [0.15, 0.2) is 0 Å². The minimum absolute atomic E-state index is 0.118. The number of piperazine rings is 1. The molecule has 0 spiro atoms. The quantitative estimate of drug-likeness (QED) is 0.290. The Kier molecular flexibility index (Phi) is 12.4. The molecule has 0 amide bonds. The van der Waals surface area contributed by atoms with Crippen LogP contribution >= 0.6 is 21.6 Å². The molecule has 0 aromatic heterocycles. The largest absolute Gasteiger partial charge is 0.465 e. The molecule has 0 unspecified atom stereocenters. The molecule has 0 saturated carbocycles. The van der Waals surface area contributed by atoms with Gasteiger partial charge in [-0.25, -0.2) is 0 Å². The average Bonchev–Trinajstić information content (AvgIpc) is 2.57. The van der Waals surface area contributed by atoms with Crippen LogP contribution < -0.4 is 0 Å². The summed E-state index contributed by atoms with van der Waals surface area (Å²) in [6.07, 6.45) is 1.78. The van der Waals surface area contributed by atoms with Crippen LogP contribution in [-0.2, 0) is 19.1 Å². The van der Waals surface area contributed by atoms with E-state index in [1.807, 2.05) is 6.92 Å². The van der Waals surface area contributed by atoms with E-state index in [1.165, 1.54) is 0 Å². The third-order valence-electron chi connectivity index (χ3n) is 3.62. The second-order valence-electron chi connectivity index (χ2n) is 5.73. The fourth-order valence-corrected chi connectivity index (χ4v) is 3.82. The van der Waals surface area contributed by atoms with Gasteiger partial charge in [-0.15, -0.1) is 0 Å².